The molecule has 1 N–H and O–H groups in total. The van der Waals surface area contributed by atoms with Gasteiger partial charge in [0, 0.05) is 22.7 Å². The standard InChI is InChI=1S/C19H23N3O3S2/c1-3-25-19(24)22-10-9-15-16(12-22)27-18(20-15)21-17(23)11-13-5-7-14(8-6-13)26-4-2/h5-8H,3-4,9-12H2,1-2H3,(H,20,21,23). The Morgan fingerprint density at radius 3 is 2.78 bits per heavy atom. The minimum absolute atomic E-state index is 0.0840. The largest absolute Gasteiger partial charge is 0.450 e. The quantitative estimate of drug-likeness (QED) is 0.737. The molecule has 1 aromatic carbocycles. The van der Waals surface area contributed by atoms with Gasteiger partial charge in [0.15, 0.2) is 5.13 Å². The molecule has 2 aromatic rings. The molecular weight excluding hydrogens is 382 g/mol. The molecule has 0 saturated carbocycles. The number of thiazole rings is 1. The molecule has 0 spiro atoms. The van der Waals surface area contributed by atoms with Crippen LogP contribution >= 0.6 is 23.1 Å². The van der Waals surface area contributed by atoms with Crippen molar-refractivity contribution in [3.63, 3.8) is 0 Å². The third-order valence-corrected chi connectivity index (χ3v) is 5.99. The fraction of sp³-hybridized carbons (Fsp3) is 0.421. The van der Waals surface area contributed by atoms with Gasteiger partial charge in [0.05, 0.1) is 25.3 Å². The van der Waals surface area contributed by atoms with Crippen molar-refractivity contribution in [1.29, 1.82) is 0 Å². The van der Waals surface area contributed by atoms with Crippen LogP contribution in [0, 0.1) is 0 Å². The van der Waals surface area contributed by atoms with Crippen LogP contribution in [0.2, 0.25) is 0 Å². The zero-order valence-corrected chi connectivity index (χ0v) is 17.1. The lowest BCUT2D eigenvalue weighted by Gasteiger charge is -2.24. The molecule has 3 rings (SSSR count). The van der Waals surface area contributed by atoms with Gasteiger partial charge in [-0.1, -0.05) is 30.4 Å². The summed E-state index contributed by atoms with van der Waals surface area (Å²) in [6, 6.07) is 8.06. The van der Waals surface area contributed by atoms with Gasteiger partial charge >= 0.3 is 6.09 Å². The lowest BCUT2D eigenvalue weighted by Crippen LogP contribution is -2.35. The van der Waals surface area contributed by atoms with Crippen LogP contribution < -0.4 is 5.32 Å². The van der Waals surface area contributed by atoms with Crippen molar-refractivity contribution in [2.45, 2.75) is 38.1 Å². The second-order valence-electron chi connectivity index (χ2n) is 6.06. The van der Waals surface area contributed by atoms with Gasteiger partial charge in [0.1, 0.15) is 0 Å². The fourth-order valence-electron chi connectivity index (χ4n) is 2.84. The van der Waals surface area contributed by atoms with Crippen LogP contribution in [-0.4, -0.2) is 40.8 Å². The molecule has 0 fully saturated rings. The summed E-state index contributed by atoms with van der Waals surface area (Å²) in [6.07, 6.45) is 0.694. The summed E-state index contributed by atoms with van der Waals surface area (Å²) in [7, 11) is 0. The van der Waals surface area contributed by atoms with Crippen LogP contribution in [0.15, 0.2) is 29.2 Å². The Bertz CT molecular complexity index is 805. The van der Waals surface area contributed by atoms with E-state index in [2.05, 4.69) is 17.2 Å². The van der Waals surface area contributed by atoms with Gasteiger partial charge in [-0.25, -0.2) is 9.78 Å². The number of nitrogens with one attached hydrogen (secondary N) is 1. The molecule has 1 aromatic heterocycles. The second kappa shape index (κ2) is 9.23. The molecule has 0 unspecified atom stereocenters. The Labute approximate surface area is 167 Å². The topological polar surface area (TPSA) is 71.5 Å². The molecule has 27 heavy (non-hydrogen) atoms. The van der Waals surface area contributed by atoms with Crippen LogP contribution in [0.1, 0.15) is 30.0 Å². The number of rotatable bonds is 6. The van der Waals surface area contributed by atoms with E-state index in [0.717, 1.165) is 21.9 Å². The van der Waals surface area contributed by atoms with Crippen LogP contribution in [0.3, 0.4) is 0 Å². The number of carbonyl (C=O) groups excluding carboxylic acids is 2. The van der Waals surface area contributed by atoms with Gasteiger partial charge in [0.25, 0.3) is 0 Å². The van der Waals surface area contributed by atoms with Crippen molar-refractivity contribution in [3.05, 3.63) is 40.4 Å². The highest BCUT2D eigenvalue weighted by atomic mass is 32.2. The van der Waals surface area contributed by atoms with E-state index in [9.17, 15) is 9.59 Å². The maximum Gasteiger partial charge on any atom is 0.410 e. The summed E-state index contributed by atoms with van der Waals surface area (Å²) < 4.78 is 5.06. The van der Waals surface area contributed by atoms with Gasteiger partial charge < -0.3 is 15.0 Å². The first kappa shape index (κ1) is 19.7. The van der Waals surface area contributed by atoms with Gasteiger partial charge in [-0.2, -0.15) is 0 Å². The molecule has 6 nitrogen and oxygen atoms in total. The van der Waals surface area contributed by atoms with Crippen molar-refractivity contribution in [2.75, 3.05) is 24.2 Å². The van der Waals surface area contributed by atoms with Crippen molar-refractivity contribution in [3.8, 4) is 0 Å². The van der Waals surface area contributed by atoms with E-state index >= 15 is 0 Å². The number of hydrogen-bond donors (Lipinski definition) is 1. The molecule has 1 aliphatic heterocycles. The molecule has 0 radical (unpaired) electrons. The Kier molecular flexibility index (Phi) is 6.73. The van der Waals surface area contributed by atoms with E-state index in [1.165, 1.54) is 16.2 Å². The predicted molar refractivity (Wildman–Crippen MR) is 108 cm³/mol. The highest BCUT2D eigenvalue weighted by Crippen LogP contribution is 2.28. The summed E-state index contributed by atoms with van der Waals surface area (Å²) in [4.78, 5) is 32.6. The first-order chi connectivity index (χ1) is 13.1. The Morgan fingerprint density at radius 2 is 2.07 bits per heavy atom. The SMILES string of the molecule is CCOC(=O)N1CCc2nc(NC(=O)Cc3ccc(SCC)cc3)sc2C1. The zero-order valence-electron chi connectivity index (χ0n) is 15.5. The summed E-state index contributed by atoms with van der Waals surface area (Å²) in [5, 5.41) is 3.48. The average molecular weight is 406 g/mol. The molecule has 0 atom stereocenters. The molecule has 8 heteroatoms. The van der Waals surface area contributed by atoms with Crippen molar-refractivity contribution in [1.82, 2.24) is 9.88 Å². The van der Waals surface area contributed by atoms with Gasteiger partial charge in [-0.3, -0.25) is 4.79 Å². The maximum absolute atomic E-state index is 12.3. The molecule has 2 amide bonds. The normalized spacial score (nSPS) is 13.2. The third kappa shape index (κ3) is 5.23. The molecule has 2 heterocycles. The number of nitrogens with zero attached hydrogens (tertiary/aromatic N) is 2. The van der Waals surface area contributed by atoms with E-state index in [1.807, 2.05) is 24.3 Å². The summed E-state index contributed by atoms with van der Waals surface area (Å²) in [5.74, 6) is 0.946. The van der Waals surface area contributed by atoms with E-state index < -0.39 is 0 Å². The maximum atomic E-state index is 12.3. The van der Waals surface area contributed by atoms with E-state index in [4.69, 9.17) is 4.74 Å². The molecule has 1 aliphatic rings. The number of thioether (sulfide) groups is 1. The van der Waals surface area contributed by atoms with Gasteiger partial charge in [-0.05, 0) is 30.4 Å². The molecule has 0 saturated heterocycles. The lowest BCUT2D eigenvalue weighted by atomic mass is 10.1. The second-order valence-corrected chi connectivity index (χ2v) is 8.48. The monoisotopic (exact) mass is 405 g/mol. The van der Waals surface area contributed by atoms with Crippen LogP contribution in [-0.2, 0) is 28.9 Å². The van der Waals surface area contributed by atoms with Gasteiger partial charge in [0.2, 0.25) is 5.91 Å². The van der Waals surface area contributed by atoms with Crippen molar-refractivity contribution >= 4 is 40.2 Å². The number of carbonyl (C=O) groups is 2. The zero-order chi connectivity index (χ0) is 19.2. The van der Waals surface area contributed by atoms with E-state index in [-0.39, 0.29) is 12.0 Å². The number of aromatic nitrogens is 1. The number of ether oxygens (including phenoxy) is 1. The third-order valence-electron chi connectivity index (χ3n) is 4.10. The minimum Gasteiger partial charge on any atom is -0.450 e. The summed E-state index contributed by atoms with van der Waals surface area (Å²) in [6.45, 7) is 5.35. The lowest BCUT2D eigenvalue weighted by molar-refractivity contribution is -0.115. The average Bonchev–Trinajstić information content (AvgIpc) is 3.05. The fourth-order valence-corrected chi connectivity index (χ4v) is 4.54. The van der Waals surface area contributed by atoms with E-state index in [0.29, 0.717) is 37.7 Å². The van der Waals surface area contributed by atoms with E-state index in [1.54, 1.807) is 23.6 Å². The number of benzene rings is 1. The first-order valence-electron chi connectivity index (χ1n) is 9.01. The highest BCUT2D eigenvalue weighted by molar-refractivity contribution is 7.99. The van der Waals surface area contributed by atoms with Crippen molar-refractivity contribution in [2.24, 2.45) is 0 Å². The molecule has 0 bridgehead atoms. The molecule has 144 valence electrons. The smallest absolute Gasteiger partial charge is 0.410 e. The summed E-state index contributed by atoms with van der Waals surface area (Å²) >= 11 is 3.21. The number of hydrogen-bond acceptors (Lipinski definition) is 6. The Balaban J connectivity index is 1.57. The van der Waals surface area contributed by atoms with Crippen LogP contribution in [0.25, 0.3) is 0 Å². The summed E-state index contributed by atoms with van der Waals surface area (Å²) in [5.41, 5.74) is 1.93. The van der Waals surface area contributed by atoms with Crippen molar-refractivity contribution < 1.29 is 14.3 Å². The Morgan fingerprint density at radius 1 is 1.30 bits per heavy atom. The first-order valence-corrected chi connectivity index (χ1v) is 10.8. The minimum atomic E-state index is -0.299. The molecule has 0 aliphatic carbocycles. The number of anilines is 1. The van der Waals surface area contributed by atoms with Crippen LogP contribution in [0.5, 0.6) is 0 Å². The number of amides is 2. The highest BCUT2D eigenvalue weighted by Gasteiger charge is 2.25. The predicted octanol–water partition coefficient (Wildman–Crippen LogP) is 3.95. The number of fused-ring (bicyclic) bond motifs is 1. The van der Waals surface area contributed by atoms with Crippen LogP contribution in [0.4, 0.5) is 9.93 Å². The molecular formula is C19H23N3O3S2. The Hall–Kier alpha value is -2.06. The van der Waals surface area contributed by atoms with Gasteiger partial charge in [-0.15, -0.1) is 11.8 Å².